The van der Waals surface area contributed by atoms with Crippen LogP contribution in [0.25, 0.3) is 0 Å². The first-order chi connectivity index (χ1) is 10.8. The summed E-state index contributed by atoms with van der Waals surface area (Å²) in [6.45, 7) is 4.09. The highest BCUT2D eigenvalue weighted by molar-refractivity contribution is 5.75. The van der Waals surface area contributed by atoms with Crippen LogP contribution in [0, 0.1) is 5.92 Å². The smallest absolute Gasteiger partial charge is 0.320 e. The number of likely N-dealkylation sites (tertiary alicyclic amines) is 1. The van der Waals surface area contributed by atoms with Gasteiger partial charge in [-0.25, -0.2) is 4.79 Å². The fourth-order valence-corrected chi connectivity index (χ4v) is 4.17. The molecule has 1 aromatic heterocycles. The van der Waals surface area contributed by atoms with Crippen LogP contribution in [0.2, 0.25) is 0 Å². The lowest BCUT2D eigenvalue weighted by atomic mass is 10.0. The number of aromatic nitrogens is 3. The lowest BCUT2D eigenvalue weighted by Gasteiger charge is -2.40. The van der Waals surface area contributed by atoms with Crippen LogP contribution in [0.1, 0.15) is 25.7 Å². The van der Waals surface area contributed by atoms with Crippen molar-refractivity contribution in [3.05, 3.63) is 12.7 Å². The second kappa shape index (κ2) is 5.87. The highest BCUT2D eigenvalue weighted by atomic mass is 16.5. The van der Waals surface area contributed by atoms with E-state index in [0.29, 0.717) is 12.5 Å². The second-order valence-corrected chi connectivity index (χ2v) is 6.57. The van der Waals surface area contributed by atoms with E-state index in [0.717, 1.165) is 51.9 Å². The van der Waals surface area contributed by atoms with Crippen molar-refractivity contribution < 1.29 is 9.53 Å². The van der Waals surface area contributed by atoms with Crippen LogP contribution in [-0.4, -0.2) is 69.0 Å². The molecule has 4 rings (SSSR count). The molecule has 1 aliphatic carbocycles. The van der Waals surface area contributed by atoms with Gasteiger partial charge in [-0.2, -0.15) is 0 Å². The van der Waals surface area contributed by atoms with E-state index in [1.165, 1.54) is 0 Å². The maximum atomic E-state index is 12.7. The van der Waals surface area contributed by atoms with Crippen LogP contribution < -0.4 is 0 Å². The number of amides is 2. The van der Waals surface area contributed by atoms with Crippen molar-refractivity contribution in [3.8, 4) is 0 Å². The zero-order valence-electron chi connectivity index (χ0n) is 12.8. The van der Waals surface area contributed by atoms with Crippen LogP contribution >= 0.6 is 0 Å². The normalized spacial score (nSPS) is 31.5. The number of hydrogen-bond acceptors (Lipinski definition) is 4. The van der Waals surface area contributed by atoms with Crippen molar-refractivity contribution in [2.45, 2.75) is 44.4 Å². The molecular weight excluding hydrogens is 282 g/mol. The maximum absolute atomic E-state index is 12.7. The molecule has 0 bridgehead atoms. The van der Waals surface area contributed by atoms with Crippen LogP contribution in [0.5, 0.6) is 0 Å². The van der Waals surface area contributed by atoms with E-state index in [9.17, 15) is 4.79 Å². The van der Waals surface area contributed by atoms with Crippen molar-refractivity contribution in [2.24, 2.45) is 5.92 Å². The molecule has 0 spiro atoms. The van der Waals surface area contributed by atoms with Gasteiger partial charge in [0, 0.05) is 32.1 Å². The third kappa shape index (κ3) is 2.47. The number of carbonyl (C=O) groups excluding carboxylic acids is 1. The number of ether oxygens (including phenoxy) is 1. The maximum Gasteiger partial charge on any atom is 0.320 e. The lowest BCUT2D eigenvalue weighted by Crippen LogP contribution is -2.56. The van der Waals surface area contributed by atoms with E-state index >= 15 is 0 Å². The largest absolute Gasteiger partial charge is 0.374 e. The van der Waals surface area contributed by atoms with Crippen LogP contribution in [0.15, 0.2) is 12.7 Å². The van der Waals surface area contributed by atoms with Crippen molar-refractivity contribution >= 4 is 6.03 Å². The van der Waals surface area contributed by atoms with E-state index in [1.807, 2.05) is 9.47 Å². The van der Waals surface area contributed by atoms with Gasteiger partial charge in [0.15, 0.2) is 0 Å². The van der Waals surface area contributed by atoms with Crippen molar-refractivity contribution in [1.29, 1.82) is 0 Å². The molecular formula is C15H23N5O2. The number of hydrogen-bond donors (Lipinski definition) is 0. The fourth-order valence-electron chi connectivity index (χ4n) is 4.17. The van der Waals surface area contributed by atoms with E-state index in [-0.39, 0.29) is 18.2 Å². The Morgan fingerprint density at radius 1 is 1.14 bits per heavy atom. The first-order valence-corrected chi connectivity index (χ1v) is 8.32. The van der Waals surface area contributed by atoms with Crippen LogP contribution in [0.3, 0.4) is 0 Å². The molecule has 3 atom stereocenters. The van der Waals surface area contributed by atoms with Gasteiger partial charge in [-0.05, 0) is 25.7 Å². The zero-order valence-corrected chi connectivity index (χ0v) is 12.8. The van der Waals surface area contributed by atoms with E-state index in [2.05, 4.69) is 15.1 Å². The molecule has 22 heavy (non-hydrogen) atoms. The molecule has 2 amide bonds. The number of morpholine rings is 1. The number of fused-ring (bicyclic) bond motifs is 1. The van der Waals surface area contributed by atoms with Gasteiger partial charge in [-0.1, -0.05) is 0 Å². The Kier molecular flexibility index (Phi) is 3.73. The van der Waals surface area contributed by atoms with Gasteiger partial charge < -0.3 is 19.1 Å². The highest BCUT2D eigenvalue weighted by Crippen LogP contribution is 2.36. The molecule has 0 aromatic carbocycles. The van der Waals surface area contributed by atoms with E-state index in [4.69, 9.17) is 4.74 Å². The molecule has 1 aromatic rings. The second-order valence-electron chi connectivity index (χ2n) is 6.57. The van der Waals surface area contributed by atoms with Gasteiger partial charge in [-0.3, -0.25) is 0 Å². The summed E-state index contributed by atoms with van der Waals surface area (Å²) in [6, 6.07) is 0.462. The third-order valence-corrected chi connectivity index (χ3v) is 5.25. The molecule has 7 nitrogen and oxygen atoms in total. The summed E-state index contributed by atoms with van der Waals surface area (Å²) in [6.07, 6.45) is 8.07. The van der Waals surface area contributed by atoms with Gasteiger partial charge in [0.2, 0.25) is 0 Å². The lowest BCUT2D eigenvalue weighted by molar-refractivity contribution is -0.0637. The summed E-state index contributed by atoms with van der Waals surface area (Å²) >= 11 is 0. The predicted molar refractivity (Wildman–Crippen MR) is 79.2 cm³/mol. The average Bonchev–Trinajstić information content (AvgIpc) is 3.29. The standard InChI is InChI=1S/C15H23N5O2/c21-15(19-5-1-2-6-19)20-7-8-22-14-12(3-4-13(14)20)9-18-10-16-17-11-18/h10-14H,1-9H2/t12-,13-,14+/m0/s1. The summed E-state index contributed by atoms with van der Waals surface area (Å²) < 4.78 is 8.05. The molecule has 0 unspecified atom stereocenters. The molecule has 2 aliphatic heterocycles. The molecule has 7 heteroatoms. The first kappa shape index (κ1) is 14.0. The predicted octanol–water partition coefficient (Wildman–Crippen LogP) is 0.973. The summed E-state index contributed by atoms with van der Waals surface area (Å²) in [5.74, 6) is 0.440. The molecule has 3 heterocycles. The van der Waals surface area contributed by atoms with Gasteiger partial charge in [0.05, 0.1) is 18.8 Å². The Hall–Kier alpha value is -1.63. The van der Waals surface area contributed by atoms with Crippen LogP contribution in [-0.2, 0) is 11.3 Å². The minimum absolute atomic E-state index is 0.155. The Balaban J connectivity index is 1.45. The van der Waals surface area contributed by atoms with Gasteiger partial charge in [-0.15, -0.1) is 10.2 Å². The summed E-state index contributed by atoms with van der Waals surface area (Å²) in [7, 11) is 0. The van der Waals surface area contributed by atoms with E-state index in [1.54, 1.807) is 12.7 Å². The van der Waals surface area contributed by atoms with E-state index < -0.39 is 0 Å². The topological polar surface area (TPSA) is 63.5 Å². The zero-order chi connectivity index (χ0) is 14.9. The SMILES string of the molecule is O=C(N1CCCC1)N1CCO[C@@H]2[C@H](Cn3cnnc3)CC[C@@H]21. The summed E-state index contributed by atoms with van der Waals surface area (Å²) in [4.78, 5) is 16.8. The molecule has 3 fully saturated rings. The molecule has 0 radical (unpaired) electrons. The Morgan fingerprint density at radius 2 is 1.91 bits per heavy atom. The minimum Gasteiger partial charge on any atom is -0.374 e. The Morgan fingerprint density at radius 3 is 2.68 bits per heavy atom. The van der Waals surface area contributed by atoms with Crippen molar-refractivity contribution in [2.75, 3.05) is 26.2 Å². The van der Waals surface area contributed by atoms with Gasteiger partial charge >= 0.3 is 6.03 Å². The number of rotatable bonds is 2. The quantitative estimate of drug-likeness (QED) is 0.817. The highest BCUT2D eigenvalue weighted by Gasteiger charge is 2.45. The number of nitrogens with zero attached hydrogens (tertiary/aromatic N) is 5. The molecule has 0 N–H and O–H groups in total. The average molecular weight is 305 g/mol. The summed E-state index contributed by atoms with van der Waals surface area (Å²) in [5, 5.41) is 7.73. The van der Waals surface area contributed by atoms with Gasteiger partial charge in [0.1, 0.15) is 12.7 Å². The molecule has 3 aliphatic rings. The molecule has 2 saturated heterocycles. The fraction of sp³-hybridized carbons (Fsp3) is 0.800. The number of urea groups is 1. The van der Waals surface area contributed by atoms with Crippen molar-refractivity contribution in [1.82, 2.24) is 24.6 Å². The van der Waals surface area contributed by atoms with Gasteiger partial charge in [0.25, 0.3) is 0 Å². The number of carbonyl (C=O) groups is 1. The summed E-state index contributed by atoms with van der Waals surface area (Å²) in [5.41, 5.74) is 0. The Bertz CT molecular complexity index is 514. The minimum atomic E-state index is 0.155. The van der Waals surface area contributed by atoms with Crippen molar-refractivity contribution in [3.63, 3.8) is 0 Å². The Labute approximate surface area is 130 Å². The van der Waals surface area contributed by atoms with Crippen LogP contribution in [0.4, 0.5) is 4.79 Å². The molecule has 1 saturated carbocycles. The third-order valence-electron chi connectivity index (χ3n) is 5.25. The monoisotopic (exact) mass is 305 g/mol. The first-order valence-electron chi connectivity index (χ1n) is 8.32. The molecule has 120 valence electrons.